The molecule has 3 aromatic carbocycles. The molecule has 16 nitrogen and oxygen atoms in total. The summed E-state index contributed by atoms with van der Waals surface area (Å²) in [7, 11) is 1.72. The first-order valence-electron chi connectivity index (χ1n) is 20.5. The number of nitrogens with one attached hydrogen (secondary N) is 1. The van der Waals surface area contributed by atoms with Gasteiger partial charge in [-0.15, -0.1) is 0 Å². The van der Waals surface area contributed by atoms with Crippen LogP contribution >= 0.6 is 0 Å². The number of rotatable bonds is 11. The number of amides is 1. The number of esters is 1. The van der Waals surface area contributed by atoms with E-state index in [-0.39, 0.29) is 72.0 Å². The molecule has 0 aliphatic carbocycles. The summed E-state index contributed by atoms with van der Waals surface area (Å²) in [5, 5.41) is 40.7. The maximum atomic E-state index is 13.7. The molecular weight excluding hydrogens is 795 g/mol. The Morgan fingerprint density at radius 1 is 1.02 bits per heavy atom. The Bertz CT molecular complexity index is 3120. The van der Waals surface area contributed by atoms with E-state index in [0.717, 1.165) is 27.4 Å². The quantitative estimate of drug-likeness (QED) is 0.124. The largest absolute Gasteiger partial charge is 0.508 e. The van der Waals surface area contributed by atoms with Crippen molar-refractivity contribution in [1.82, 2.24) is 33.8 Å². The van der Waals surface area contributed by atoms with Crippen LogP contribution in [0.1, 0.15) is 67.9 Å². The zero-order valence-electron chi connectivity index (χ0n) is 34.9. The predicted octanol–water partition coefficient (Wildman–Crippen LogP) is 5.21. The summed E-state index contributed by atoms with van der Waals surface area (Å²) in [5.41, 5.74) is 3.87. The number of nitrogens with zero attached hydrogens (tertiary/aromatic N) is 6. The Balaban J connectivity index is 0.890. The minimum atomic E-state index is -1.91. The molecule has 0 bridgehead atoms. The molecule has 9 rings (SSSR count). The van der Waals surface area contributed by atoms with Crippen LogP contribution in [0.2, 0.25) is 0 Å². The number of carbonyl (C=O) groups is 2. The smallest absolute Gasteiger partial charge is 0.348 e. The number of aliphatic hydroxyl groups is 1. The van der Waals surface area contributed by atoms with Gasteiger partial charge in [-0.2, -0.15) is 5.10 Å². The third kappa shape index (κ3) is 6.40. The number of aromatic nitrogens is 6. The fraction of sp³-hybridized carbons (Fsp3) is 0.304. The fourth-order valence-corrected chi connectivity index (χ4v) is 8.75. The van der Waals surface area contributed by atoms with Gasteiger partial charge in [0.15, 0.2) is 18.0 Å². The summed E-state index contributed by atoms with van der Waals surface area (Å²) in [6.45, 7) is 8.31. The molecule has 0 saturated heterocycles. The summed E-state index contributed by atoms with van der Waals surface area (Å²) < 4.78 is 16.3. The molecule has 0 saturated carbocycles. The van der Waals surface area contributed by atoms with Gasteiger partial charge < -0.3 is 38.8 Å². The standard InChI is InChI=1S/C46H45N7O9/c1-6-28-30-17-27(9-10-35(30)47-41-32(28)21-52-37(41)19-34-33(43(52)57)22-62-44(58)46(34,60)7-2)61-23-40(56)50(5)14-15-51-13-12-25-16-26(8-11-36(25)51)53-42(48-49-45(53)59)31-18-29(24(3)4)38(54)20-39(31)55/h8-13,16-20,24,54-55,60H,6-7,14-15,21-23H2,1-5H3,(H,49,59). The molecule has 4 N–H and O–H groups in total. The van der Waals surface area contributed by atoms with Gasteiger partial charge >= 0.3 is 11.7 Å². The number of likely N-dealkylation sites (N-methyl/N-ethyl adjacent to an activating group) is 1. The Labute approximate surface area is 354 Å². The van der Waals surface area contributed by atoms with Crippen LogP contribution in [0.25, 0.3) is 50.3 Å². The first kappa shape index (κ1) is 40.2. The Hall–Kier alpha value is -7.20. The molecule has 2 aliphatic rings. The molecule has 4 aromatic heterocycles. The van der Waals surface area contributed by atoms with Gasteiger partial charge in [-0.1, -0.05) is 27.7 Å². The highest BCUT2D eigenvalue weighted by molar-refractivity contribution is 5.90. The lowest BCUT2D eigenvalue weighted by Crippen LogP contribution is -2.44. The van der Waals surface area contributed by atoms with Crippen molar-refractivity contribution in [3.8, 4) is 45.7 Å². The van der Waals surface area contributed by atoms with Crippen molar-refractivity contribution in [2.75, 3.05) is 20.2 Å². The molecule has 6 heterocycles. The molecule has 16 heteroatoms. The molecule has 1 atom stereocenters. The summed E-state index contributed by atoms with van der Waals surface area (Å²) in [5.74, 6) is -0.564. The predicted molar refractivity (Wildman–Crippen MR) is 230 cm³/mol. The van der Waals surface area contributed by atoms with Gasteiger partial charge in [0.2, 0.25) is 0 Å². The number of phenols is 2. The van der Waals surface area contributed by atoms with Crippen molar-refractivity contribution in [3.05, 3.63) is 116 Å². The fourth-order valence-electron chi connectivity index (χ4n) is 8.75. The average molecular weight is 840 g/mol. The van der Waals surface area contributed by atoms with E-state index < -0.39 is 17.3 Å². The lowest BCUT2D eigenvalue weighted by Gasteiger charge is -2.31. The Morgan fingerprint density at radius 2 is 1.82 bits per heavy atom. The third-order valence-electron chi connectivity index (χ3n) is 12.3. The van der Waals surface area contributed by atoms with E-state index in [9.17, 15) is 34.5 Å². The topological polar surface area (TPSA) is 207 Å². The number of phenolic OH excluding ortho intramolecular Hbond substituents is 2. The molecule has 0 fully saturated rings. The van der Waals surface area contributed by atoms with Crippen LogP contribution in [-0.2, 0) is 46.0 Å². The van der Waals surface area contributed by atoms with Crippen molar-refractivity contribution in [2.24, 2.45) is 0 Å². The second-order valence-electron chi connectivity index (χ2n) is 16.2. The Morgan fingerprint density at radius 3 is 2.58 bits per heavy atom. The minimum Gasteiger partial charge on any atom is -0.508 e. The van der Waals surface area contributed by atoms with Crippen LogP contribution in [0.15, 0.2) is 76.4 Å². The number of H-pyrrole nitrogens is 1. The van der Waals surface area contributed by atoms with Gasteiger partial charge in [-0.05, 0) is 84.5 Å². The van der Waals surface area contributed by atoms with Crippen LogP contribution in [0, 0.1) is 0 Å². The lowest BCUT2D eigenvalue weighted by molar-refractivity contribution is -0.172. The summed E-state index contributed by atoms with van der Waals surface area (Å²) in [6, 6.07) is 17.5. The number of aryl methyl sites for hydroxylation is 1. The van der Waals surface area contributed by atoms with E-state index in [4.69, 9.17) is 14.5 Å². The molecule has 62 heavy (non-hydrogen) atoms. The number of aromatic amines is 1. The van der Waals surface area contributed by atoms with Gasteiger partial charge in [0, 0.05) is 59.8 Å². The average Bonchev–Trinajstić information content (AvgIpc) is 3.96. The molecule has 1 amide bonds. The zero-order chi connectivity index (χ0) is 43.8. The van der Waals surface area contributed by atoms with Crippen molar-refractivity contribution < 1.29 is 34.4 Å². The van der Waals surface area contributed by atoms with Crippen LogP contribution < -0.4 is 16.0 Å². The highest BCUT2D eigenvalue weighted by Crippen LogP contribution is 2.41. The number of benzene rings is 3. The second kappa shape index (κ2) is 15.1. The molecule has 2 aliphatic heterocycles. The molecule has 1 unspecified atom stereocenters. The number of fused-ring (bicyclic) bond motifs is 6. The number of hydrogen-bond donors (Lipinski definition) is 4. The molecule has 0 radical (unpaired) electrons. The summed E-state index contributed by atoms with van der Waals surface area (Å²) in [4.78, 5) is 59.2. The number of aromatic hydroxyl groups is 2. The highest BCUT2D eigenvalue weighted by atomic mass is 16.6. The van der Waals surface area contributed by atoms with Gasteiger partial charge in [-0.25, -0.2) is 24.2 Å². The highest BCUT2D eigenvalue weighted by Gasteiger charge is 2.45. The number of carbonyl (C=O) groups excluding carboxylic acids is 2. The van der Waals surface area contributed by atoms with Gasteiger partial charge in [0.1, 0.15) is 23.9 Å². The van der Waals surface area contributed by atoms with Crippen LogP contribution in [0.3, 0.4) is 0 Å². The minimum absolute atomic E-state index is 0.0353. The zero-order valence-corrected chi connectivity index (χ0v) is 34.9. The first-order chi connectivity index (χ1) is 29.7. The molecular formula is C46H45N7O9. The number of cyclic esters (lactones) is 1. The monoisotopic (exact) mass is 839 g/mol. The molecule has 318 valence electrons. The number of ether oxygens (including phenoxy) is 2. The van der Waals surface area contributed by atoms with Gasteiger partial charge in [-0.3, -0.25) is 9.59 Å². The van der Waals surface area contributed by atoms with E-state index >= 15 is 0 Å². The SMILES string of the molecule is CCc1c2c(nc3ccc(OCC(=O)N(C)CCn4ccc5cc(-n6c(-c7cc(C(C)C)c(O)cc7O)n[nH]c6=O)ccc54)cc13)-c1cc3c(c(=O)n1C2)COC(=O)C3(O)CC. The van der Waals surface area contributed by atoms with Crippen molar-refractivity contribution in [3.63, 3.8) is 0 Å². The second-order valence-corrected chi connectivity index (χ2v) is 16.2. The summed E-state index contributed by atoms with van der Waals surface area (Å²) >= 11 is 0. The maximum absolute atomic E-state index is 13.7. The van der Waals surface area contributed by atoms with E-state index in [1.54, 1.807) is 47.7 Å². The van der Waals surface area contributed by atoms with Crippen LogP contribution in [0.4, 0.5) is 0 Å². The Kier molecular flexibility index (Phi) is 9.77. The first-order valence-corrected chi connectivity index (χ1v) is 20.5. The normalized spacial score (nSPS) is 15.5. The van der Waals surface area contributed by atoms with E-state index in [2.05, 4.69) is 10.2 Å². The van der Waals surface area contributed by atoms with E-state index in [0.29, 0.717) is 59.0 Å². The number of pyridine rings is 2. The molecule has 0 spiro atoms. The van der Waals surface area contributed by atoms with Gasteiger partial charge in [0.25, 0.3) is 11.5 Å². The van der Waals surface area contributed by atoms with Crippen LogP contribution in [0.5, 0.6) is 17.2 Å². The summed E-state index contributed by atoms with van der Waals surface area (Å²) in [6.07, 6.45) is 2.61. The van der Waals surface area contributed by atoms with E-state index in [1.165, 1.54) is 10.6 Å². The van der Waals surface area contributed by atoms with Gasteiger partial charge in [0.05, 0.1) is 40.3 Å². The lowest BCUT2D eigenvalue weighted by atomic mass is 9.86. The van der Waals surface area contributed by atoms with Crippen molar-refractivity contribution in [1.29, 1.82) is 0 Å². The van der Waals surface area contributed by atoms with E-state index in [1.807, 2.05) is 61.9 Å². The van der Waals surface area contributed by atoms with Crippen molar-refractivity contribution >= 4 is 33.7 Å². The maximum Gasteiger partial charge on any atom is 0.348 e. The van der Waals surface area contributed by atoms with Crippen LogP contribution in [-0.4, -0.2) is 81.2 Å². The number of hydrogen-bond acceptors (Lipinski definition) is 11. The molecule has 7 aromatic rings. The van der Waals surface area contributed by atoms with Crippen molar-refractivity contribution in [2.45, 2.75) is 71.8 Å². The third-order valence-corrected chi connectivity index (χ3v) is 12.3.